The standard InChI is InChI=1S/C19H11BrF3N3OS/c20-15-6-4-12(5-7-15)17(27)11-28-18(13(9-24)10-25)26-16-3-1-2-14(8-16)19(21,22)23/h1-8,26H,11H2. The molecule has 0 amide bonds. The number of nitrogens with one attached hydrogen (secondary N) is 1. The van der Waals surface area contributed by atoms with E-state index in [4.69, 9.17) is 10.5 Å². The third-order valence-electron chi connectivity index (χ3n) is 3.41. The predicted molar refractivity (Wildman–Crippen MR) is 104 cm³/mol. The zero-order chi connectivity index (χ0) is 20.7. The van der Waals surface area contributed by atoms with E-state index in [1.165, 1.54) is 12.1 Å². The molecule has 0 aliphatic heterocycles. The number of nitrogens with zero attached hydrogens (tertiary/aromatic N) is 2. The molecule has 4 nitrogen and oxygen atoms in total. The van der Waals surface area contributed by atoms with Crippen LogP contribution in [-0.2, 0) is 6.18 Å². The van der Waals surface area contributed by atoms with Crippen molar-refractivity contribution in [1.82, 2.24) is 0 Å². The van der Waals surface area contributed by atoms with Gasteiger partial charge in [-0.3, -0.25) is 4.79 Å². The Labute approximate surface area is 171 Å². The first-order valence-corrected chi connectivity index (χ1v) is 9.42. The average molecular weight is 466 g/mol. The van der Waals surface area contributed by atoms with E-state index in [0.29, 0.717) is 5.56 Å². The van der Waals surface area contributed by atoms with Crippen LogP contribution in [0.25, 0.3) is 0 Å². The number of anilines is 1. The van der Waals surface area contributed by atoms with Gasteiger partial charge in [0.15, 0.2) is 11.4 Å². The number of hydrogen-bond donors (Lipinski definition) is 1. The zero-order valence-electron chi connectivity index (χ0n) is 14.0. The van der Waals surface area contributed by atoms with Crippen molar-refractivity contribution in [2.24, 2.45) is 0 Å². The fraction of sp³-hybridized carbons (Fsp3) is 0.105. The second-order valence-electron chi connectivity index (χ2n) is 5.35. The molecule has 2 aromatic carbocycles. The number of rotatable bonds is 6. The third-order valence-corrected chi connectivity index (χ3v) is 4.94. The highest BCUT2D eigenvalue weighted by molar-refractivity contribution is 9.10. The molecule has 28 heavy (non-hydrogen) atoms. The number of allylic oxidation sites excluding steroid dienone is 1. The normalized spacial score (nSPS) is 10.5. The first-order valence-electron chi connectivity index (χ1n) is 7.65. The quantitative estimate of drug-likeness (QED) is 0.433. The van der Waals surface area contributed by atoms with Crippen LogP contribution >= 0.6 is 27.7 Å². The van der Waals surface area contributed by atoms with Gasteiger partial charge in [0.2, 0.25) is 0 Å². The minimum atomic E-state index is -4.53. The van der Waals surface area contributed by atoms with Crippen LogP contribution in [0.1, 0.15) is 15.9 Å². The highest BCUT2D eigenvalue weighted by Gasteiger charge is 2.30. The van der Waals surface area contributed by atoms with Crippen molar-refractivity contribution in [3.05, 3.63) is 74.7 Å². The minimum absolute atomic E-state index is 0.00906. The maximum Gasteiger partial charge on any atom is 0.416 e. The molecule has 0 aliphatic carbocycles. The number of thioether (sulfide) groups is 1. The average Bonchev–Trinajstić information content (AvgIpc) is 2.66. The lowest BCUT2D eigenvalue weighted by atomic mass is 10.2. The summed E-state index contributed by atoms with van der Waals surface area (Å²) < 4.78 is 39.4. The molecule has 2 aromatic rings. The van der Waals surface area contributed by atoms with Crippen LogP contribution in [0, 0.1) is 22.7 Å². The molecule has 0 aromatic heterocycles. The number of carbonyl (C=O) groups excluding carboxylic acids is 1. The van der Waals surface area contributed by atoms with E-state index in [1.807, 2.05) is 0 Å². The summed E-state index contributed by atoms with van der Waals surface area (Å²) >= 11 is 4.14. The van der Waals surface area contributed by atoms with Crippen LogP contribution in [0.2, 0.25) is 0 Å². The first kappa shape index (κ1) is 21.5. The Morgan fingerprint density at radius 1 is 1.11 bits per heavy atom. The number of ketones is 1. The smallest absolute Gasteiger partial charge is 0.349 e. The molecule has 0 bridgehead atoms. The SMILES string of the molecule is N#CC(C#N)=C(Nc1cccc(C(F)(F)F)c1)SCC(=O)c1ccc(Br)cc1. The van der Waals surface area contributed by atoms with Crippen molar-refractivity contribution < 1.29 is 18.0 Å². The van der Waals surface area contributed by atoms with Gasteiger partial charge >= 0.3 is 6.18 Å². The molecule has 142 valence electrons. The van der Waals surface area contributed by atoms with E-state index in [-0.39, 0.29) is 27.8 Å². The number of hydrogen-bond acceptors (Lipinski definition) is 5. The second kappa shape index (κ2) is 9.45. The molecular formula is C19H11BrF3N3OS. The lowest BCUT2D eigenvalue weighted by molar-refractivity contribution is -0.137. The van der Waals surface area contributed by atoms with Crippen molar-refractivity contribution in [3.63, 3.8) is 0 Å². The van der Waals surface area contributed by atoms with E-state index in [0.717, 1.165) is 28.4 Å². The van der Waals surface area contributed by atoms with E-state index in [1.54, 1.807) is 36.4 Å². The fourth-order valence-electron chi connectivity index (χ4n) is 2.06. The molecule has 0 saturated carbocycles. The molecule has 0 unspecified atom stereocenters. The summed E-state index contributed by atoms with van der Waals surface area (Å²) in [5, 5.41) is 20.9. The number of carbonyl (C=O) groups is 1. The summed E-state index contributed by atoms with van der Waals surface area (Å²) in [5.41, 5.74) is -0.713. The summed E-state index contributed by atoms with van der Waals surface area (Å²) in [7, 11) is 0. The number of nitriles is 2. The maximum absolute atomic E-state index is 12.9. The van der Waals surface area contributed by atoms with Crippen molar-refractivity contribution in [2.45, 2.75) is 6.18 Å². The van der Waals surface area contributed by atoms with E-state index in [2.05, 4.69) is 21.2 Å². The number of benzene rings is 2. The van der Waals surface area contributed by atoms with Crippen molar-refractivity contribution >= 4 is 39.2 Å². The molecule has 0 saturated heterocycles. The Hall–Kier alpha value is -2.75. The van der Waals surface area contributed by atoms with Gasteiger partial charge in [-0.1, -0.05) is 45.9 Å². The molecular weight excluding hydrogens is 455 g/mol. The lowest BCUT2D eigenvalue weighted by Crippen LogP contribution is -2.08. The van der Waals surface area contributed by atoms with E-state index in [9.17, 15) is 18.0 Å². The molecule has 9 heteroatoms. The molecule has 0 heterocycles. The predicted octanol–water partition coefficient (Wildman–Crippen LogP) is 5.75. The summed E-state index contributed by atoms with van der Waals surface area (Å²) in [6, 6.07) is 14.4. The highest BCUT2D eigenvalue weighted by atomic mass is 79.9. The lowest BCUT2D eigenvalue weighted by Gasteiger charge is -2.13. The Bertz CT molecular complexity index is 973. The van der Waals surface area contributed by atoms with E-state index >= 15 is 0 Å². The Morgan fingerprint density at radius 2 is 1.75 bits per heavy atom. The molecule has 0 spiro atoms. The summed E-state index contributed by atoms with van der Waals surface area (Å²) in [4.78, 5) is 12.3. The van der Waals surface area contributed by atoms with Crippen LogP contribution in [0.3, 0.4) is 0 Å². The highest BCUT2D eigenvalue weighted by Crippen LogP contribution is 2.32. The molecule has 0 atom stereocenters. The first-order chi connectivity index (χ1) is 13.2. The Kier molecular flexibility index (Phi) is 7.27. The van der Waals surface area contributed by atoms with Gasteiger partial charge in [0, 0.05) is 15.7 Å². The molecule has 0 fully saturated rings. The monoisotopic (exact) mass is 465 g/mol. The minimum Gasteiger partial charge on any atom is -0.349 e. The molecule has 0 radical (unpaired) electrons. The Morgan fingerprint density at radius 3 is 2.32 bits per heavy atom. The van der Waals surface area contributed by atoms with Crippen LogP contribution in [0.4, 0.5) is 18.9 Å². The van der Waals surface area contributed by atoms with Crippen LogP contribution in [0.15, 0.2) is 63.6 Å². The van der Waals surface area contributed by atoms with Gasteiger partial charge in [-0.15, -0.1) is 0 Å². The number of halogens is 4. The van der Waals surface area contributed by atoms with Crippen molar-refractivity contribution in [1.29, 1.82) is 10.5 Å². The van der Waals surface area contributed by atoms with Gasteiger partial charge in [0.05, 0.1) is 11.3 Å². The van der Waals surface area contributed by atoms with Gasteiger partial charge in [-0.2, -0.15) is 23.7 Å². The second-order valence-corrected chi connectivity index (χ2v) is 7.25. The number of alkyl halides is 3. The largest absolute Gasteiger partial charge is 0.416 e. The van der Waals surface area contributed by atoms with Gasteiger partial charge in [-0.25, -0.2) is 0 Å². The topological polar surface area (TPSA) is 76.7 Å². The van der Waals surface area contributed by atoms with Gasteiger partial charge in [-0.05, 0) is 30.3 Å². The van der Waals surface area contributed by atoms with Crippen molar-refractivity contribution in [2.75, 3.05) is 11.1 Å². The third kappa shape index (κ3) is 5.88. The fourth-order valence-corrected chi connectivity index (χ4v) is 3.19. The Balaban J connectivity index is 2.22. The summed E-state index contributed by atoms with van der Waals surface area (Å²) in [5.74, 6) is -0.355. The maximum atomic E-state index is 12.9. The zero-order valence-corrected chi connectivity index (χ0v) is 16.5. The van der Waals surface area contributed by atoms with Gasteiger partial charge < -0.3 is 5.32 Å². The summed E-state index contributed by atoms with van der Waals surface area (Å²) in [6.07, 6.45) is -4.53. The van der Waals surface area contributed by atoms with Gasteiger partial charge in [0.25, 0.3) is 0 Å². The van der Waals surface area contributed by atoms with E-state index < -0.39 is 11.7 Å². The molecule has 1 N–H and O–H groups in total. The van der Waals surface area contributed by atoms with Crippen molar-refractivity contribution in [3.8, 4) is 12.1 Å². The van der Waals surface area contributed by atoms with Gasteiger partial charge in [0.1, 0.15) is 17.2 Å². The van der Waals surface area contributed by atoms with Crippen LogP contribution in [-0.4, -0.2) is 11.5 Å². The molecule has 0 aliphatic rings. The number of Topliss-reactive ketones (excluding diaryl/α,β-unsaturated/α-hetero) is 1. The van der Waals surface area contributed by atoms with Crippen LogP contribution in [0.5, 0.6) is 0 Å². The molecule has 2 rings (SSSR count). The summed E-state index contributed by atoms with van der Waals surface area (Å²) in [6.45, 7) is 0. The van der Waals surface area contributed by atoms with Crippen LogP contribution < -0.4 is 5.32 Å².